The van der Waals surface area contributed by atoms with Gasteiger partial charge in [-0.05, 0) is 24.8 Å². The Labute approximate surface area is 92.1 Å². The Bertz CT molecular complexity index is 375. The molecule has 2 nitrogen and oxygen atoms in total. The SMILES string of the molecule is CCc1nc2c(c(C(C)(C)C)n1)CCC2. The fourth-order valence-corrected chi connectivity index (χ4v) is 2.26. The van der Waals surface area contributed by atoms with E-state index >= 15 is 0 Å². The summed E-state index contributed by atoms with van der Waals surface area (Å²) < 4.78 is 0. The van der Waals surface area contributed by atoms with Crippen LogP contribution >= 0.6 is 0 Å². The predicted octanol–water partition coefficient (Wildman–Crippen LogP) is 2.83. The van der Waals surface area contributed by atoms with Crippen LogP contribution in [0, 0.1) is 0 Å². The minimum absolute atomic E-state index is 0.154. The highest BCUT2D eigenvalue weighted by atomic mass is 14.9. The van der Waals surface area contributed by atoms with Crippen LogP contribution in [0.5, 0.6) is 0 Å². The number of aryl methyl sites for hydroxylation is 2. The van der Waals surface area contributed by atoms with Crippen molar-refractivity contribution in [1.82, 2.24) is 9.97 Å². The van der Waals surface area contributed by atoms with Gasteiger partial charge in [0.25, 0.3) is 0 Å². The van der Waals surface area contributed by atoms with E-state index in [2.05, 4.69) is 32.7 Å². The molecule has 1 aliphatic rings. The second-order valence-corrected chi connectivity index (χ2v) is 5.37. The van der Waals surface area contributed by atoms with Crippen LogP contribution in [0.1, 0.15) is 56.9 Å². The van der Waals surface area contributed by atoms with Crippen LogP contribution in [0.4, 0.5) is 0 Å². The van der Waals surface area contributed by atoms with Gasteiger partial charge in [0.1, 0.15) is 5.82 Å². The maximum atomic E-state index is 4.72. The number of nitrogens with zero attached hydrogens (tertiary/aromatic N) is 2. The third kappa shape index (κ3) is 1.90. The molecule has 0 saturated heterocycles. The molecule has 1 aliphatic carbocycles. The summed E-state index contributed by atoms with van der Waals surface area (Å²) in [5.41, 5.74) is 4.18. The second kappa shape index (κ2) is 3.58. The van der Waals surface area contributed by atoms with Gasteiger partial charge in [-0.1, -0.05) is 27.7 Å². The standard InChI is InChI=1S/C13H20N2/c1-5-11-14-10-8-6-7-9(10)12(15-11)13(2,3)4/h5-8H2,1-4H3. The zero-order valence-corrected chi connectivity index (χ0v) is 10.2. The first-order chi connectivity index (χ1) is 7.02. The summed E-state index contributed by atoms with van der Waals surface area (Å²) in [5.74, 6) is 1.01. The number of rotatable bonds is 1. The molecular weight excluding hydrogens is 184 g/mol. The number of hydrogen-bond acceptors (Lipinski definition) is 2. The van der Waals surface area contributed by atoms with Crippen molar-refractivity contribution in [1.29, 1.82) is 0 Å². The highest BCUT2D eigenvalue weighted by Gasteiger charge is 2.26. The summed E-state index contributed by atoms with van der Waals surface area (Å²) in [6.45, 7) is 8.86. The zero-order valence-electron chi connectivity index (χ0n) is 10.2. The van der Waals surface area contributed by atoms with Gasteiger partial charge >= 0.3 is 0 Å². The minimum Gasteiger partial charge on any atom is -0.238 e. The van der Waals surface area contributed by atoms with Crippen molar-refractivity contribution in [2.75, 3.05) is 0 Å². The summed E-state index contributed by atoms with van der Waals surface area (Å²) in [6.07, 6.45) is 4.51. The lowest BCUT2D eigenvalue weighted by Gasteiger charge is -2.21. The summed E-state index contributed by atoms with van der Waals surface area (Å²) in [5, 5.41) is 0. The average Bonchev–Trinajstić information content (AvgIpc) is 2.61. The maximum absolute atomic E-state index is 4.72. The molecule has 0 spiro atoms. The van der Waals surface area contributed by atoms with Gasteiger partial charge in [0.15, 0.2) is 0 Å². The van der Waals surface area contributed by atoms with Gasteiger partial charge in [-0.25, -0.2) is 9.97 Å². The van der Waals surface area contributed by atoms with Gasteiger partial charge in [-0.15, -0.1) is 0 Å². The molecule has 0 bridgehead atoms. The van der Waals surface area contributed by atoms with E-state index in [0.717, 1.165) is 18.7 Å². The highest BCUT2D eigenvalue weighted by Crippen LogP contribution is 2.30. The maximum Gasteiger partial charge on any atom is 0.128 e. The molecule has 1 aromatic heterocycles. The summed E-state index contributed by atoms with van der Waals surface area (Å²) in [7, 11) is 0. The van der Waals surface area contributed by atoms with Crippen LogP contribution in [0.15, 0.2) is 0 Å². The Hall–Kier alpha value is -0.920. The van der Waals surface area contributed by atoms with E-state index in [4.69, 9.17) is 4.98 Å². The molecule has 0 aromatic carbocycles. The first-order valence-electron chi connectivity index (χ1n) is 5.91. The normalized spacial score (nSPS) is 15.5. The molecule has 2 heteroatoms. The van der Waals surface area contributed by atoms with Crippen LogP contribution in [0.3, 0.4) is 0 Å². The molecule has 0 N–H and O–H groups in total. The fraction of sp³-hybridized carbons (Fsp3) is 0.692. The monoisotopic (exact) mass is 204 g/mol. The highest BCUT2D eigenvalue weighted by molar-refractivity contribution is 5.34. The van der Waals surface area contributed by atoms with Crippen LogP contribution in [0.2, 0.25) is 0 Å². The quantitative estimate of drug-likeness (QED) is 0.703. The molecule has 0 fully saturated rings. The lowest BCUT2D eigenvalue weighted by molar-refractivity contribution is 0.554. The third-order valence-electron chi connectivity index (χ3n) is 3.01. The van der Waals surface area contributed by atoms with Gasteiger partial charge in [0.05, 0.1) is 5.69 Å². The lowest BCUT2D eigenvalue weighted by Crippen LogP contribution is -2.19. The molecule has 0 amide bonds. The molecule has 82 valence electrons. The van der Waals surface area contributed by atoms with E-state index in [-0.39, 0.29) is 5.41 Å². The van der Waals surface area contributed by atoms with Crippen molar-refractivity contribution >= 4 is 0 Å². The van der Waals surface area contributed by atoms with E-state index in [9.17, 15) is 0 Å². The van der Waals surface area contributed by atoms with Crippen LogP contribution in [-0.2, 0) is 24.7 Å². The first-order valence-corrected chi connectivity index (χ1v) is 5.91. The van der Waals surface area contributed by atoms with Crippen molar-refractivity contribution in [3.05, 3.63) is 22.8 Å². The van der Waals surface area contributed by atoms with Crippen molar-refractivity contribution < 1.29 is 0 Å². The first kappa shape index (κ1) is 10.6. The van der Waals surface area contributed by atoms with Crippen molar-refractivity contribution in [2.24, 2.45) is 0 Å². The van der Waals surface area contributed by atoms with E-state index in [1.54, 1.807) is 0 Å². The van der Waals surface area contributed by atoms with Crippen molar-refractivity contribution in [2.45, 2.75) is 58.8 Å². The van der Waals surface area contributed by atoms with Gasteiger partial charge in [-0.3, -0.25) is 0 Å². The fourth-order valence-electron chi connectivity index (χ4n) is 2.26. The van der Waals surface area contributed by atoms with Crippen LogP contribution in [-0.4, -0.2) is 9.97 Å². The van der Waals surface area contributed by atoms with E-state index in [0.29, 0.717) is 0 Å². The molecular formula is C13H20N2. The lowest BCUT2D eigenvalue weighted by atomic mass is 9.88. The topological polar surface area (TPSA) is 25.8 Å². The Morgan fingerprint density at radius 1 is 1.13 bits per heavy atom. The molecule has 15 heavy (non-hydrogen) atoms. The molecule has 1 aromatic rings. The van der Waals surface area contributed by atoms with E-state index < -0.39 is 0 Å². The van der Waals surface area contributed by atoms with Crippen LogP contribution < -0.4 is 0 Å². The molecule has 0 atom stereocenters. The Morgan fingerprint density at radius 3 is 2.47 bits per heavy atom. The van der Waals surface area contributed by atoms with Gasteiger partial charge < -0.3 is 0 Å². The molecule has 2 rings (SSSR count). The van der Waals surface area contributed by atoms with Gasteiger partial charge in [0.2, 0.25) is 0 Å². The molecule has 0 aliphatic heterocycles. The zero-order chi connectivity index (χ0) is 11.1. The smallest absolute Gasteiger partial charge is 0.128 e. The van der Waals surface area contributed by atoms with Crippen LogP contribution in [0.25, 0.3) is 0 Å². The Morgan fingerprint density at radius 2 is 1.87 bits per heavy atom. The summed E-state index contributed by atoms with van der Waals surface area (Å²) in [4.78, 5) is 9.36. The molecule has 0 radical (unpaired) electrons. The van der Waals surface area contributed by atoms with E-state index in [1.165, 1.54) is 29.8 Å². The number of fused-ring (bicyclic) bond motifs is 1. The summed E-state index contributed by atoms with van der Waals surface area (Å²) in [6, 6.07) is 0. The molecule has 0 saturated carbocycles. The molecule has 0 unspecified atom stereocenters. The van der Waals surface area contributed by atoms with Crippen molar-refractivity contribution in [3.63, 3.8) is 0 Å². The molecule has 1 heterocycles. The number of hydrogen-bond donors (Lipinski definition) is 0. The Kier molecular flexibility index (Phi) is 2.53. The van der Waals surface area contributed by atoms with Gasteiger partial charge in [-0.2, -0.15) is 0 Å². The third-order valence-corrected chi connectivity index (χ3v) is 3.01. The van der Waals surface area contributed by atoms with E-state index in [1.807, 2.05) is 0 Å². The predicted molar refractivity (Wildman–Crippen MR) is 62.1 cm³/mol. The average molecular weight is 204 g/mol. The Balaban J connectivity index is 2.57. The largest absolute Gasteiger partial charge is 0.238 e. The summed E-state index contributed by atoms with van der Waals surface area (Å²) >= 11 is 0. The van der Waals surface area contributed by atoms with Crippen molar-refractivity contribution in [3.8, 4) is 0 Å². The second-order valence-electron chi connectivity index (χ2n) is 5.37. The minimum atomic E-state index is 0.154. The number of aromatic nitrogens is 2. The van der Waals surface area contributed by atoms with Gasteiger partial charge in [0, 0.05) is 17.5 Å².